The zero-order valence-electron chi connectivity index (χ0n) is 16.0. The molecule has 1 aliphatic heterocycles. The molecule has 27 heavy (non-hydrogen) atoms. The molecule has 2 aromatic rings. The predicted octanol–water partition coefficient (Wildman–Crippen LogP) is 4.35. The van der Waals surface area contributed by atoms with E-state index in [1.807, 2.05) is 12.1 Å². The molecule has 1 fully saturated rings. The number of carbonyl (C=O) groups is 1. The summed E-state index contributed by atoms with van der Waals surface area (Å²) in [5, 5.41) is 12.4. The summed E-state index contributed by atoms with van der Waals surface area (Å²) in [5.74, 6) is -0.367. The number of thioether (sulfide) groups is 1. The molecule has 1 atom stereocenters. The lowest BCUT2D eigenvalue weighted by molar-refractivity contribution is -0.136. The minimum Gasteiger partial charge on any atom is -0.480 e. The van der Waals surface area contributed by atoms with Gasteiger partial charge in [-0.1, -0.05) is 38.1 Å². The van der Waals surface area contributed by atoms with Gasteiger partial charge in [0.25, 0.3) is 0 Å². The van der Waals surface area contributed by atoms with Gasteiger partial charge in [0.15, 0.2) is 0 Å². The van der Waals surface area contributed by atoms with Crippen LogP contribution in [-0.2, 0) is 4.79 Å². The van der Waals surface area contributed by atoms with Crippen molar-refractivity contribution in [3.63, 3.8) is 0 Å². The number of piperazine rings is 1. The number of nitrogens with one attached hydrogen (secondary N) is 1. The van der Waals surface area contributed by atoms with E-state index in [1.165, 1.54) is 23.0 Å². The summed E-state index contributed by atoms with van der Waals surface area (Å²) in [6, 6.07) is 16.9. The highest BCUT2D eigenvalue weighted by Gasteiger charge is 2.20. The Balaban J connectivity index is 1.66. The second kappa shape index (κ2) is 9.29. The van der Waals surface area contributed by atoms with Gasteiger partial charge < -0.3 is 15.3 Å². The van der Waals surface area contributed by atoms with E-state index in [1.54, 1.807) is 0 Å². The standard InChI is InChI=1S/C22H28N2O2S/c1-16(2)15-21(22(25)26)27-20-9-5-18(6-10-20)17-3-7-19(8-4-17)24-13-11-23-12-14-24/h3-10,16,21,23H,11-15H2,1-2H3,(H,25,26). The van der Waals surface area contributed by atoms with Crippen molar-refractivity contribution in [2.45, 2.75) is 30.4 Å². The summed E-state index contributed by atoms with van der Waals surface area (Å²) in [5.41, 5.74) is 3.61. The number of nitrogens with zero attached hydrogens (tertiary/aromatic N) is 1. The monoisotopic (exact) mass is 384 g/mol. The number of carboxylic acids is 1. The SMILES string of the molecule is CC(C)CC(Sc1ccc(-c2ccc(N3CCNCC3)cc2)cc1)C(=O)O. The van der Waals surface area contributed by atoms with E-state index in [9.17, 15) is 9.90 Å². The average molecular weight is 385 g/mol. The first-order valence-electron chi connectivity index (χ1n) is 9.58. The summed E-state index contributed by atoms with van der Waals surface area (Å²) < 4.78 is 0. The van der Waals surface area contributed by atoms with Gasteiger partial charge in [0.2, 0.25) is 0 Å². The van der Waals surface area contributed by atoms with Crippen LogP contribution in [0, 0.1) is 5.92 Å². The van der Waals surface area contributed by atoms with Crippen LogP contribution in [0.4, 0.5) is 5.69 Å². The molecule has 144 valence electrons. The van der Waals surface area contributed by atoms with Crippen molar-refractivity contribution >= 4 is 23.4 Å². The molecule has 0 amide bonds. The number of hydrogen-bond donors (Lipinski definition) is 2. The Kier molecular flexibility index (Phi) is 6.80. The molecule has 3 rings (SSSR count). The van der Waals surface area contributed by atoms with Crippen LogP contribution in [0.2, 0.25) is 0 Å². The number of benzene rings is 2. The number of anilines is 1. The molecule has 5 heteroatoms. The molecule has 1 unspecified atom stereocenters. The molecule has 0 saturated carbocycles. The minimum absolute atomic E-state index is 0.368. The van der Waals surface area contributed by atoms with Crippen LogP contribution >= 0.6 is 11.8 Å². The normalized spacial score (nSPS) is 15.7. The molecule has 1 heterocycles. The highest BCUT2D eigenvalue weighted by atomic mass is 32.2. The van der Waals surface area contributed by atoms with Crippen molar-refractivity contribution < 1.29 is 9.90 Å². The quantitative estimate of drug-likeness (QED) is 0.695. The number of rotatable bonds is 7. The van der Waals surface area contributed by atoms with Crippen LogP contribution in [0.5, 0.6) is 0 Å². The topological polar surface area (TPSA) is 52.6 Å². The first-order valence-corrected chi connectivity index (χ1v) is 10.5. The number of hydrogen-bond acceptors (Lipinski definition) is 4. The maximum atomic E-state index is 11.5. The van der Waals surface area contributed by atoms with E-state index in [-0.39, 0.29) is 0 Å². The highest BCUT2D eigenvalue weighted by molar-refractivity contribution is 8.00. The Bertz CT molecular complexity index is 738. The molecule has 0 aliphatic carbocycles. The summed E-state index contributed by atoms with van der Waals surface area (Å²) in [7, 11) is 0. The Labute approximate surface area is 166 Å². The van der Waals surface area contributed by atoms with Crippen LogP contribution < -0.4 is 10.2 Å². The molecule has 0 radical (unpaired) electrons. The molecule has 4 nitrogen and oxygen atoms in total. The molecular weight excluding hydrogens is 356 g/mol. The van der Waals surface area contributed by atoms with Gasteiger partial charge >= 0.3 is 5.97 Å². The largest absolute Gasteiger partial charge is 0.480 e. The fourth-order valence-electron chi connectivity index (χ4n) is 3.31. The van der Waals surface area contributed by atoms with Crippen LogP contribution in [0.15, 0.2) is 53.4 Å². The lowest BCUT2D eigenvalue weighted by Crippen LogP contribution is -2.43. The molecule has 0 spiro atoms. The Hall–Kier alpha value is -1.98. The summed E-state index contributed by atoms with van der Waals surface area (Å²) >= 11 is 1.44. The van der Waals surface area contributed by atoms with Crippen molar-refractivity contribution in [3.05, 3.63) is 48.5 Å². The molecule has 1 saturated heterocycles. The van der Waals surface area contributed by atoms with Gasteiger partial charge in [0, 0.05) is 36.8 Å². The van der Waals surface area contributed by atoms with E-state index in [2.05, 4.69) is 60.5 Å². The fraction of sp³-hybridized carbons (Fsp3) is 0.409. The molecule has 2 aromatic carbocycles. The van der Waals surface area contributed by atoms with Crippen LogP contribution in [0.3, 0.4) is 0 Å². The summed E-state index contributed by atoms with van der Waals surface area (Å²) in [6.07, 6.45) is 0.676. The molecule has 0 aromatic heterocycles. The Morgan fingerprint density at radius 2 is 1.59 bits per heavy atom. The summed E-state index contributed by atoms with van der Waals surface area (Å²) in [4.78, 5) is 14.9. The van der Waals surface area contributed by atoms with Gasteiger partial charge in [0.1, 0.15) is 5.25 Å². The second-order valence-corrected chi connectivity index (χ2v) is 8.66. The van der Waals surface area contributed by atoms with Gasteiger partial charge in [-0.3, -0.25) is 4.79 Å². The van der Waals surface area contributed by atoms with E-state index in [0.717, 1.165) is 36.6 Å². The van der Waals surface area contributed by atoms with Crippen molar-refractivity contribution in [1.29, 1.82) is 0 Å². The van der Waals surface area contributed by atoms with E-state index in [4.69, 9.17) is 0 Å². The van der Waals surface area contributed by atoms with Crippen LogP contribution in [-0.4, -0.2) is 42.5 Å². The van der Waals surface area contributed by atoms with Crippen molar-refractivity contribution in [2.75, 3.05) is 31.1 Å². The number of aliphatic carboxylic acids is 1. The molecule has 0 bridgehead atoms. The highest BCUT2D eigenvalue weighted by Crippen LogP contribution is 2.30. The molecule has 2 N–H and O–H groups in total. The minimum atomic E-state index is -0.735. The average Bonchev–Trinajstić information content (AvgIpc) is 2.68. The molecule has 1 aliphatic rings. The van der Waals surface area contributed by atoms with Gasteiger partial charge in [-0.25, -0.2) is 0 Å². The third-order valence-electron chi connectivity index (χ3n) is 4.78. The lowest BCUT2D eigenvalue weighted by atomic mass is 10.1. The van der Waals surface area contributed by atoms with E-state index >= 15 is 0 Å². The van der Waals surface area contributed by atoms with Crippen LogP contribution in [0.25, 0.3) is 11.1 Å². The van der Waals surface area contributed by atoms with Gasteiger partial charge in [-0.15, -0.1) is 11.8 Å². The van der Waals surface area contributed by atoms with Gasteiger partial charge in [-0.2, -0.15) is 0 Å². The smallest absolute Gasteiger partial charge is 0.316 e. The third-order valence-corrected chi connectivity index (χ3v) is 6.00. The predicted molar refractivity (Wildman–Crippen MR) is 114 cm³/mol. The first kappa shape index (κ1) is 19.8. The maximum absolute atomic E-state index is 11.5. The van der Waals surface area contributed by atoms with E-state index < -0.39 is 11.2 Å². The zero-order valence-corrected chi connectivity index (χ0v) is 16.8. The van der Waals surface area contributed by atoms with Gasteiger partial charge in [0.05, 0.1) is 0 Å². The third kappa shape index (κ3) is 5.50. The lowest BCUT2D eigenvalue weighted by Gasteiger charge is -2.29. The Morgan fingerprint density at radius 1 is 1.04 bits per heavy atom. The van der Waals surface area contributed by atoms with Crippen molar-refractivity contribution in [1.82, 2.24) is 5.32 Å². The molecular formula is C22H28N2O2S. The zero-order chi connectivity index (χ0) is 19.2. The second-order valence-electron chi connectivity index (χ2n) is 7.38. The van der Waals surface area contributed by atoms with Crippen LogP contribution in [0.1, 0.15) is 20.3 Å². The van der Waals surface area contributed by atoms with Crippen molar-refractivity contribution in [3.8, 4) is 11.1 Å². The number of carboxylic acid groups (broad SMARTS) is 1. The van der Waals surface area contributed by atoms with Gasteiger partial charge in [-0.05, 0) is 47.7 Å². The Morgan fingerprint density at radius 3 is 2.11 bits per heavy atom. The van der Waals surface area contributed by atoms with E-state index in [0.29, 0.717) is 12.3 Å². The first-order chi connectivity index (χ1) is 13.0. The summed E-state index contributed by atoms with van der Waals surface area (Å²) in [6.45, 7) is 8.29. The fourth-order valence-corrected chi connectivity index (χ4v) is 4.51. The van der Waals surface area contributed by atoms with Crippen molar-refractivity contribution in [2.24, 2.45) is 5.92 Å². The maximum Gasteiger partial charge on any atom is 0.316 e.